The van der Waals surface area contributed by atoms with Crippen molar-refractivity contribution < 1.29 is 13.6 Å². The fraction of sp³-hybridized carbons (Fsp3) is 0. The van der Waals surface area contributed by atoms with Crippen molar-refractivity contribution in [3.05, 3.63) is 68.8 Å². The Kier molecular flexibility index (Phi) is 3.51. The Bertz CT molecular complexity index is 544. The average Bonchev–Trinajstić information content (AvgIpc) is 2.28. The summed E-state index contributed by atoms with van der Waals surface area (Å²) in [4.78, 5) is 11.9. The van der Waals surface area contributed by atoms with Gasteiger partial charge in [0.1, 0.15) is 11.6 Å². The van der Waals surface area contributed by atoms with Gasteiger partial charge in [-0.2, -0.15) is 0 Å². The van der Waals surface area contributed by atoms with Gasteiger partial charge in [-0.15, -0.1) is 0 Å². The zero-order chi connectivity index (χ0) is 12.4. The highest BCUT2D eigenvalue weighted by atomic mass is 127. The van der Waals surface area contributed by atoms with E-state index in [4.69, 9.17) is 0 Å². The Labute approximate surface area is 111 Å². The van der Waals surface area contributed by atoms with Gasteiger partial charge in [0.05, 0.1) is 0 Å². The second-order valence-electron chi connectivity index (χ2n) is 3.49. The molecule has 0 unspecified atom stereocenters. The number of carbonyl (C=O) groups excluding carboxylic acids is 1. The van der Waals surface area contributed by atoms with Crippen LogP contribution in [0.25, 0.3) is 0 Å². The molecule has 0 aliphatic carbocycles. The van der Waals surface area contributed by atoms with Crippen LogP contribution >= 0.6 is 22.6 Å². The van der Waals surface area contributed by atoms with E-state index in [1.165, 1.54) is 0 Å². The molecule has 0 amide bonds. The Morgan fingerprint density at radius 2 is 1.41 bits per heavy atom. The number of hydrogen-bond donors (Lipinski definition) is 0. The summed E-state index contributed by atoms with van der Waals surface area (Å²) in [5.74, 6) is -1.89. The van der Waals surface area contributed by atoms with Gasteiger partial charge in [0.2, 0.25) is 0 Å². The van der Waals surface area contributed by atoms with Crippen LogP contribution in [-0.4, -0.2) is 5.78 Å². The van der Waals surface area contributed by atoms with Crippen molar-refractivity contribution >= 4 is 28.4 Å². The fourth-order valence-electron chi connectivity index (χ4n) is 1.45. The monoisotopic (exact) mass is 344 g/mol. The maximum Gasteiger partial charge on any atom is 0.193 e. The van der Waals surface area contributed by atoms with Crippen molar-refractivity contribution in [2.24, 2.45) is 0 Å². The van der Waals surface area contributed by atoms with Gasteiger partial charge in [-0.3, -0.25) is 4.79 Å². The molecule has 2 aromatic rings. The molecular weight excluding hydrogens is 337 g/mol. The lowest BCUT2D eigenvalue weighted by atomic mass is 10.0. The van der Waals surface area contributed by atoms with Crippen molar-refractivity contribution in [1.29, 1.82) is 0 Å². The Morgan fingerprint density at radius 1 is 0.882 bits per heavy atom. The second kappa shape index (κ2) is 4.91. The van der Waals surface area contributed by atoms with Gasteiger partial charge in [0.15, 0.2) is 5.78 Å². The zero-order valence-electron chi connectivity index (χ0n) is 8.58. The van der Waals surface area contributed by atoms with Crippen LogP contribution in [-0.2, 0) is 0 Å². The van der Waals surface area contributed by atoms with E-state index in [1.807, 2.05) is 0 Å². The summed E-state index contributed by atoms with van der Waals surface area (Å²) in [5, 5.41) is 0. The lowest BCUT2D eigenvalue weighted by Gasteiger charge is -2.02. The normalized spacial score (nSPS) is 10.3. The number of ketones is 1. The first kappa shape index (κ1) is 12.2. The molecule has 0 aliphatic rings. The molecule has 17 heavy (non-hydrogen) atoms. The topological polar surface area (TPSA) is 17.1 Å². The first-order valence-corrected chi connectivity index (χ1v) is 5.90. The number of halogens is 3. The van der Waals surface area contributed by atoms with Crippen LogP contribution in [0.15, 0.2) is 42.5 Å². The minimum Gasteiger partial charge on any atom is -0.289 e. The van der Waals surface area contributed by atoms with Crippen LogP contribution in [0.5, 0.6) is 0 Å². The molecule has 0 bridgehead atoms. The maximum absolute atomic E-state index is 13.0. The highest BCUT2D eigenvalue weighted by Crippen LogP contribution is 2.14. The predicted octanol–water partition coefficient (Wildman–Crippen LogP) is 3.80. The molecule has 0 atom stereocenters. The summed E-state index contributed by atoms with van der Waals surface area (Å²) in [6.45, 7) is 0. The summed E-state index contributed by atoms with van der Waals surface area (Å²) in [6, 6.07) is 9.60. The van der Waals surface area contributed by atoms with E-state index in [9.17, 15) is 13.6 Å². The van der Waals surface area contributed by atoms with E-state index >= 15 is 0 Å². The summed E-state index contributed by atoms with van der Waals surface area (Å²) < 4.78 is 26.9. The third-order valence-corrected chi connectivity index (χ3v) is 2.95. The summed E-state index contributed by atoms with van der Waals surface area (Å²) in [7, 11) is 0. The van der Waals surface area contributed by atoms with Crippen LogP contribution < -0.4 is 0 Å². The third kappa shape index (κ3) is 2.88. The summed E-state index contributed by atoms with van der Waals surface area (Å²) >= 11 is 2.11. The molecule has 0 N–H and O–H groups in total. The number of hydrogen-bond acceptors (Lipinski definition) is 1. The highest BCUT2D eigenvalue weighted by Gasteiger charge is 2.11. The van der Waals surface area contributed by atoms with Gasteiger partial charge in [-0.1, -0.05) is 0 Å². The van der Waals surface area contributed by atoms with E-state index in [0.29, 0.717) is 5.56 Å². The lowest BCUT2D eigenvalue weighted by Crippen LogP contribution is -2.02. The maximum atomic E-state index is 13.0. The van der Waals surface area contributed by atoms with Gasteiger partial charge >= 0.3 is 0 Å². The van der Waals surface area contributed by atoms with Crippen LogP contribution in [0, 0.1) is 15.2 Å². The van der Waals surface area contributed by atoms with Crippen LogP contribution in [0.4, 0.5) is 8.78 Å². The quantitative estimate of drug-likeness (QED) is 0.598. The molecule has 0 fully saturated rings. The highest BCUT2D eigenvalue weighted by molar-refractivity contribution is 14.1. The Hall–Kier alpha value is -1.30. The summed E-state index contributed by atoms with van der Waals surface area (Å²) in [6.07, 6.45) is 0. The predicted molar refractivity (Wildman–Crippen MR) is 68.9 cm³/mol. The molecule has 4 heteroatoms. The Morgan fingerprint density at radius 3 is 1.94 bits per heavy atom. The Balaban J connectivity index is 2.40. The molecular formula is C13H7F2IO. The molecule has 0 saturated carbocycles. The zero-order valence-corrected chi connectivity index (χ0v) is 10.7. The SMILES string of the molecule is O=C(c1ccc(I)cc1)c1cc(F)cc(F)c1. The molecule has 2 rings (SSSR count). The molecule has 0 spiro atoms. The van der Waals surface area contributed by atoms with Gasteiger partial charge in [0.25, 0.3) is 0 Å². The molecule has 0 saturated heterocycles. The second-order valence-corrected chi connectivity index (χ2v) is 4.74. The molecule has 0 radical (unpaired) electrons. The van der Waals surface area contributed by atoms with Crippen molar-refractivity contribution in [3.63, 3.8) is 0 Å². The van der Waals surface area contributed by atoms with Gasteiger partial charge in [-0.25, -0.2) is 8.78 Å². The average molecular weight is 344 g/mol. The molecule has 86 valence electrons. The van der Waals surface area contributed by atoms with Crippen molar-refractivity contribution in [3.8, 4) is 0 Å². The molecule has 0 heterocycles. The molecule has 0 aliphatic heterocycles. The number of benzene rings is 2. The van der Waals surface area contributed by atoms with Gasteiger partial charge < -0.3 is 0 Å². The third-order valence-electron chi connectivity index (χ3n) is 2.23. The smallest absolute Gasteiger partial charge is 0.193 e. The van der Waals surface area contributed by atoms with Crippen molar-refractivity contribution in [2.45, 2.75) is 0 Å². The van der Waals surface area contributed by atoms with Gasteiger partial charge in [0, 0.05) is 20.8 Å². The first-order valence-electron chi connectivity index (χ1n) is 4.82. The molecule has 1 nitrogen and oxygen atoms in total. The van der Waals surface area contributed by atoms with Crippen molar-refractivity contribution in [1.82, 2.24) is 0 Å². The van der Waals surface area contributed by atoms with Crippen LogP contribution in [0.1, 0.15) is 15.9 Å². The van der Waals surface area contributed by atoms with Gasteiger partial charge in [-0.05, 0) is 59.0 Å². The summed E-state index contributed by atoms with van der Waals surface area (Å²) in [5.41, 5.74) is 0.430. The minimum atomic E-state index is -0.751. The van der Waals surface area contributed by atoms with E-state index < -0.39 is 11.6 Å². The first-order chi connectivity index (χ1) is 8.06. The fourth-order valence-corrected chi connectivity index (χ4v) is 1.81. The number of carbonyl (C=O) groups is 1. The van der Waals surface area contributed by atoms with Crippen LogP contribution in [0.3, 0.4) is 0 Å². The van der Waals surface area contributed by atoms with E-state index in [2.05, 4.69) is 22.6 Å². The minimum absolute atomic E-state index is 0.0173. The lowest BCUT2D eigenvalue weighted by molar-refractivity contribution is 0.103. The number of rotatable bonds is 2. The molecule has 2 aromatic carbocycles. The molecule has 0 aromatic heterocycles. The van der Waals surface area contributed by atoms with E-state index in [0.717, 1.165) is 21.8 Å². The largest absolute Gasteiger partial charge is 0.289 e. The van der Waals surface area contributed by atoms with Crippen LogP contribution in [0.2, 0.25) is 0 Å². The van der Waals surface area contributed by atoms with E-state index in [-0.39, 0.29) is 11.3 Å². The van der Waals surface area contributed by atoms with E-state index in [1.54, 1.807) is 24.3 Å². The van der Waals surface area contributed by atoms with Crippen molar-refractivity contribution in [2.75, 3.05) is 0 Å². The standard InChI is InChI=1S/C13H7F2IO/c14-10-5-9(6-11(15)7-10)13(17)8-1-3-12(16)4-2-8/h1-7H.